The van der Waals surface area contributed by atoms with Gasteiger partial charge in [-0.05, 0) is 167 Å². The Morgan fingerprint density at radius 3 is 0.942 bits per heavy atom. The Kier molecular flexibility index (Phi) is 22.2. The number of aromatic nitrogens is 6. The quantitative estimate of drug-likeness (QED) is 0.00985. The predicted molar refractivity (Wildman–Crippen MR) is 376 cm³/mol. The molecule has 10 aromatic rings. The van der Waals surface area contributed by atoms with Gasteiger partial charge in [-0.25, -0.2) is 16.8 Å². The zero-order valence-corrected chi connectivity index (χ0v) is 60.6. The number of sulfone groups is 2. The molecule has 104 heavy (non-hydrogen) atoms. The highest BCUT2D eigenvalue weighted by Crippen LogP contribution is 2.48. The number of rotatable bonds is 27. The molecule has 8 aromatic carbocycles. The fraction of sp³-hybridized carbons (Fsp3) is 0.0741. The monoisotopic (exact) mass is 1660 g/mol. The Morgan fingerprint density at radius 1 is 0.346 bits per heavy atom. The summed E-state index contributed by atoms with van der Waals surface area (Å²) in [5.41, 5.74) is -2.73. The molecule has 0 spiro atoms. The Morgan fingerprint density at radius 2 is 0.644 bits per heavy atom. The van der Waals surface area contributed by atoms with Gasteiger partial charge < -0.3 is 31.5 Å². The van der Waals surface area contributed by atoms with E-state index in [0.29, 0.717) is 12.1 Å². The SMILES string of the molecule is O=S(=O)(O)c1ccc(Nc2nc(Cl)nc(Nc3cc(S(=O)(=O)O)cc4cc(S(=O)(=O)O)c(N=Nc5ccc(S(=O)(=O)CCSSCCS(=O)(=O)c6ccc(/N=N/c7c(S(=O)(=O)O)cc8cc(S(=O)(=O)O)cc(Nc9nc(Cl)nc(Nc%10ccc(S(=O)(=O)O)cc%10)n9)c8c7O)cc6)cc5)c(O)c34)n2)cc1. The first-order valence-corrected chi connectivity index (χ1v) is 43.0. The summed E-state index contributed by atoms with van der Waals surface area (Å²) in [5, 5.41) is 46.6. The van der Waals surface area contributed by atoms with Gasteiger partial charge in [0.05, 0.1) is 63.6 Å². The number of azo groups is 2. The summed E-state index contributed by atoms with van der Waals surface area (Å²) in [5.74, 6) is -4.76. The van der Waals surface area contributed by atoms with Crippen molar-refractivity contribution in [3.8, 4) is 11.5 Å². The lowest BCUT2D eigenvalue weighted by atomic mass is 10.1. The number of phenols is 2. The minimum atomic E-state index is -5.35. The summed E-state index contributed by atoms with van der Waals surface area (Å²) in [6.45, 7) is 0. The normalized spacial score (nSPS) is 12.9. The Bertz CT molecular complexity index is 5810. The Hall–Kier alpha value is -9.06. The molecule has 0 fully saturated rings. The van der Waals surface area contributed by atoms with Crippen LogP contribution >= 0.6 is 44.8 Å². The Balaban J connectivity index is 0.788. The molecule has 546 valence electrons. The minimum absolute atomic E-state index is 0.0591. The van der Waals surface area contributed by atoms with Crippen LogP contribution in [0, 0.1) is 0 Å². The second-order valence-electron chi connectivity index (χ2n) is 20.9. The number of halogens is 2. The van der Waals surface area contributed by atoms with E-state index in [4.69, 9.17) is 23.2 Å². The van der Waals surface area contributed by atoms with E-state index in [1.54, 1.807) is 0 Å². The predicted octanol–water partition coefficient (Wildman–Crippen LogP) is 10.00. The number of nitrogens with zero attached hydrogens (tertiary/aromatic N) is 10. The highest BCUT2D eigenvalue weighted by molar-refractivity contribution is 8.76. The van der Waals surface area contributed by atoms with E-state index in [1.165, 1.54) is 24.3 Å². The summed E-state index contributed by atoms with van der Waals surface area (Å²) in [6.07, 6.45) is 0. The van der Waals surface area contributed by atoms with Crippen molar-refractivity contribution in [1.29, 1.82) is 0 Å². The Labute approximate surface area is 605 Å². The van der Waals surface area contributed by atoms with Gasteiger partial charge in [0, 0.05) is 33.7 Å². The molecule has 38 nitrogen and oxygen atoms in total. The molecule has 0 aliphatic rings. The number of benzene rings is 8. The summed E-state index contributed by atoms with van der Waals surface area (Å²) in [4.78, 5) is 18.5. The van der Waals surface area contributed by atoms with E-state index in [2.05, 4.69) is 71.6 Å². The number of hydrogen-bond donors (Lipinski definition) is 12. The molecule has 2 heterocycles. The van der Waals surface area contributed by atoms with Crippen LogP contribution in [0.25, 0.3) is 21.5 Å². The van der Waals surface area contributed by atoms with Crippen LogP contribution in [-0.4, -0.2) is 158 Å². The van der Waals surface area contributed by atoms with E-state index in [-0.39, 0.29) is 55.9 Å². The third-order valence-electron chi connectivity index (χ3n) is 13.8. The first-order chi connectivity index (χ1) is 48.4. The number of fused-ring (bicyclic) bond motifs is 2. The second-order valence-corrected chi connectivity index (χ2v) is 36.9. The van der Waals surface area contributed by atoms with Crippen LogP contribution in [0.15, 0.2) is 193 Å². The fourth-order valence-electron chi connectivity index (χ4n) is 9.14. The average Bonchev–Trinajstić information content (AvgIpc) is 0.751. The molecule has 50 heteroatoms. The second kappa shape index (κ2) is 29.8. The molecule has 0 radical (unpaired) electrons. The van der Waals surface area contributed by atoms with Crippen LogP contribution in [0.5, 0.6) is 11.5 Å². The van der Waals surface area contributed by atoms with Crippen molar-refractivity contribution in [3.05, 3.63) is 144 Å². The van der Waals surface area contributed by atoms with Gasteiger partial charge in [0.25, 0.3) is 60.7 Å². The standard InChI is InChI=1S/C54H42Cl2N14O24S10/c55-49-61-51(57-29-1-13-35(14-2-29)99(77,78)79)65-53(63-49)59-39-25-37(101(83,84)85)21-27-23-41(103(89,90)91)45(47(71)43(27)39)69-67-31-5-9-33(10-6-31)97(73,74)19-17-95-96-18-20-98(75,76)34-11-7-32(8-12-34)68-70-46-42(104(92,93)94)24-28-22-38(102(86,87)88)26-40(44(28)48(46)72)60-54-64-50(56)62-52(66-54)58-30-3-15-36(16-4-30)100(80,81)82/h1-16,21-26,71-72H,17-20H2,(H,77,78,79)(H,80,81,82)(H,83,84,85)(H,86,87,88)(H,89,90,91)(H,92,93,94)(H2,57,59,61,63,65)(H2,58,60,62,64,66)/b69-67+,70-68?. The lowest BCUT2D eigenvalue weighted by Crippen LogP contribution is -2.09. The van der Waals surface area contributed by atoms with Crippen molar-refractivity contribution < 1.29 is 105 Å². The van der Waals surface area contributed by atoms with Gasteiger partial charge in [0.2, 0.25) is 34.4 Å². The third-order valence-corrected chi connectivity index (χ3v) is 25.7. The number of hydrogen-bond acceptors (Lipinski definition) is 34. The minimum Gasteiger partial charge on any atom is -0.505 e. The van der Waals surface area contributed by atoms with Crippen LogP contribution < -0.4 is 21.3 Å². The first kappa shape index (κ1) is 77.6. The first-order valence-electron chi connectivity index (χ1n) is 27.8. The van der Waals surface area contributed by atoms with Gasteiger partial charge in [-0.1, -0.05) is 21.6 Å². The average molecular weight is 1660 g/mol. The summed E-state index contributed by atoms with van der Waals surface area (Å²) in [7, 11) is -36.1. The maximum Gasteiger partial charge on any atom is 0.296 e. The summed E-state index contributed by atoms with van der Waals surface area (Å²) < 4.78 is 260. The highest BCUT2D eigenvalue weighted by Gasteiger charge is 2.29. The largest absolute Gasteiger partial charge is 0.505 e. The van der Waals surface area contributed by atoms with Crippen LogP contribution in [0.3, 0.4) is 0 Å². The fourth-order valence-corrected chi connectivity index (χ4v) is 18.9. The maximum absolute atomic E-state index is 13.4. The molecular formula is C54H42Cl2N14O24S10. The van der Waals surface area contributed by atoms with Gasteiger partial charge >= 0.3 is 0 Å². The number of anilines is 8. The molecular weight excluding hydrogens is 1620 g/mol. The molecule has 12 N–H and O–H groups in total. The highest BCUT2D eigenvalue weighted by atomic mass is 35.5. The molecule has 0 saturated heterocycles. The molecule has 0 saturated carbocycles. The van der Waals surface area contributed by atoms with Crippen molar-refractivity contribution in [2.24, 2.45) is 20.5 Å². The van der Waals surface area contributed by atoms with Crippen LogP contribution in [-0.2, 0) is 80.4 Å². The zero-order chi connectivity index (χ0) is 75.9. The van der Waals surface area contributed by atoms with Gasteiger partial charge in [-0.3, -0.25) is 27.3 Å². The summed E-state index contributed by atoms with van der Waals surface area (Å²) in [6, 6.07) is 22.5. The molecule has 10 rings (SSSR count). The molecule has 0 aliphatic carbocycles. The van der Waals surface area contributed by atoms with Crippen LogP contribution in [0.2, 0.25) is 10.6 Å². The third kappa shape index (κ3) is 18.9. The van der Waals surface area contributed by atoms with Crippen LogP contribution in [0.4, 0.5) is 69.3 Å². The molecule has 0 amide bonds. The van der Waals surface area contributed by atoms with Gasteiger partial charge in [0.1, 0.15) is 21.2 Å². The van der Waals surface area contributed by atoms with E-state index < -0.39 is 200 Å². The lowest BCUT2D eigenvalue weighted by molar-refractivity contribution is 0.471. The number of aromatic hydroxyl groups is 2. The molecule has 0 atom stereocenters. The van der Waals surface area contributed by atoms with E-state index in [1.807, 2.05) is 0 Å². The topological polar surface area (TPSA) is 610 Å². The van der Waals surface area contributed by atoms with Crippen molar-refractivity contribution in [2.45, 2.75) is 39.2 Å². The van der Waals surface area contributed by atoms with Crippen molar-refractivity contribution >= 4 is 216 Å². The zero-order valence-electron chi connectivity index (χ0n) is 51.0. The lowest BCUT2D eigenvalue weighted by Gasteiger charge is -2.15. The number of nitrogens with one attached hydrogen (secondary N) is 4. The van der Waals surface area contributed by atoms with Gasteiger partial charge in [0.15, 0.2) is 31.2 Å². The van der Waals surface area contributed by atoms with Crippen LogP contribution in [0.1, 0.15) is 0 Å². The molecule has 2 aromatic heterocycles. The van der Waals surface area contributed by atoms with Crippen molar-refractivity contribution in [3.63, 3.8) is 0 Å². The van der Waals surface area contributed by atoms with Crippen molar-refractivity contribution in [1.82, 2.24) is 29.9 Å². The molecule has 0 bridgehead atoms. The van der Waals surface area contributed by atoms with E-state index >= 15 is 0 Å². The van der Waals surface area contributed by atoms with Gasteiger partial charge in [-0.2, -0.15) is 90.6 Å². The summed E-state index contributed by atoms with van der Waals surface area (Å²) >= 11 is 12.3. The smallest absolute Gasteiger partial charge is 0.296 e. The maximum atomic E-state index is 13.4. The van der Waals surface area contributed by atoms with E-state index in [0.717, 1.165) is 119 Å². The molecule has 0 aliphatic heterocycles. The van der Waals surface area contributed by atoms with E-state index in [9.17, 15) is 105 Å². The van der Waals surface area contributed by atoms with Crippen molar-refractivity contribution in [2.75, 3.05) is 44.3 Å². The van der Waals surface area contributed by atoms with Gasteiger partial charge in [-0.15, -0.1) is 10.2 Å². The molecule has 0 unspecified atom stereocenters. The number of phenolic OH excluding ortho intramolecular Hbond substituents is 2.